The third-order valence-corrected chi connectivity index (χ3v) is 6.40. The number of fused-ring (bicyclic) bond motifs is 1. The van der Waals surface area contributed by atoms with Crippen LogP contribution in [-0.4, -0.2) is 22.0 Å². The summed E-state index contributed by atoms with van der Waals surface area (Å²) < 4.78 is 2.28. The van der Waals surface area contributed by atoms with Crippen molar-refractivity contribution in [3.05, 3.63) is 100 Å². The monoisotopic (exact) mass is 459 g/mol. The number of para-hydroxylation sites is 2. The maximum Gasteiger partial charge on any atom is 0.224 e. The number of aromatic nitrogens is 2. The van der Waals surface area contributed by atoms with E-state index in [-0.39, 0.29) is 5.91 Å². The van der Waals surface area contributed by atoms with Crippen molar-refractivity contribution in [1.82, 2.24) is 14.9 Å². The zero-order chi connectivity index (χ0) is 23.0. The Hall–Kier alpha value is -3.11. The van der Waals surface area contributed by atoms with Gasteiger partial charge in [0.15, 0.2) is 0 Å². The summed E-state index contributed by atoms with van der Waals surface area (Å²) in [5.74, 6) is 1.17. The number of halogens is 1. The van der Waals surface area contributed by atoms with Gasteiger partial charge in [-0.05, 0) is 54.7 Å². The van der Waals surface area contributed by atoms with Gasteiger partial charge >= 0.3 is 0 Å². The van der Waals surface area contributed by atoms with E-state index in [1.165, 1.54) is 0 Å². The predicted molar refractivity (Wildman–Crippen MR) is 136 cm³/mol. The van der Waals surface area contributed by atoms with Crippen molar-refractivity contribution in [3.8, 4) is 0 Å². The molecule has 0 aliphatic rings. The fourth-order valence-electron chi connectivity index (χ4n) is 4.15. The van der Waals surface area contributed by atoms with Crippen molar-refractivity contribution < 1.29 is 4.79 Å². The Bertz CT molecular complexity index is 1230. The van der Waals surface area contributed by atoms with Gasteiger partial charge in [-0.3, -0.25) is 4.79 Å². The first-order chi connectivity index (χ1) is 16.1. The maximum atomic E-state index is 12.2. The molecule has 0 saturated carbocycles. The summed E-state index contributed by atoms with van der Waals surface area (Å²) in [6, 6.07) is 24.3. The highest BCUT2D eigenvalue weighted by Gasteiger charge is 2.12. The number of nitrogens with zero attached hydrogens (tertiary/aromatic N) is 2. The second kappa shape index (κ2) is 11.2. The number of hydrogen-bond acceptors (Lipinski definition) is 2. The minimum Gasteiger partial charge on any atom is -0.356 e. The molecule has 4 nitrogen and oxygen atoms in total. The van der Waals surface area contributed by atoms with E-state index < -0.39 is 0 Å². The molecule has 1 heterocycles. The highest BCUT2D eigenvalue weighted by Crippen LogP contribution is 2.22. The maximum absolute atomic E-state index is 12.2. The molecular weight excluding hydrogens is 430 g/mol. The van der Waals surface area contributed by atoms with Crippen LogP contribution in [0.15, 0.2) is 72.8 Å². The molecule has 3 aromatic carbocycles. The Labute approximate surface area is 200 Å². The number of imidazole rings is 1. The molecule has 0 fully saturated rings. The minimum atomic E-state index is 0.0887. The van der Waals surface area contributed by atoms with Crippen molar-refractivity contribution in [1.29, 1.82) is 0 Å². The first kappa shape index (κ1) is 23.1. The van der Waals surface area contributed by atoms with E-state index in [4.69, 9.17) is 16.6 Å². The summed E-state index contributed by atoms with van der Waals surface area (Å²) in [7, 11) is 0. The Morgan fingerprint density at radius 2 is 1.64 bits per heavy atom. The molecule has 1 amide bonds. The number of benzene rings is 3. The minimum absolute atomic E-state index is 0.0887. The standard InChI is InChI=1S/C28H30ClN3O/c1-21-11-4-5-12-22(21)19-28(33)30-18-10-2-3-17-27-31-25-15-8-9-16-26(25)32(27)20-23-13-6-7-14-24(23)29/h4-9,11-16H,2-3,10,17-20H2,1H3,(H,30,33). The summed E-state index contributed by atoms with van der Waals surface area (Å²) in [5, 5.41) is 3.83. The van der Waals surface area contributed by atoms with E-state index >= 15 is 0 Å². The van der Waals surface area contributed by atoms with Gasteiger partial charge in [-0.25, -0.2) is 4.98 Å². The Balaban J connectivity index is 1.29. The fraction of sp³-hybridized carbons (Fsp3) is 0.286. The zero-order valence-electron chi connectivity index (χ0n) is 19.1. The van der Waals surface area contributed by atoms with Gasteiger partial charge in [0.25, 0.3) is 0 Å². The normalized spacial score (nSPS) is 11.1. The number of aryl methyl sites for hydroxylation is 2. The third-order valence-electron chi connectivity index (χ3n) is 6.03. The van der Waals surface area contributed by atoms with Gasteiger partial charge in [-0.1, -0.05) is 72.6 Å². The molecule has 0 saturated heterocycles. The van der Waals surface area contributed by atoms with Crippen molar-refractivity contribution >= 4 is 28.5 Å². The molecule has 0 aliphatic heterocycles. The number of amides is 1. The summed E-state index contributed by atoms with van der Waals surface area (Å²) in [6.07, 6.45) is 4.37. The topological polar surface area (TPSA) is 46.9 Å². The van der Waals surface area contributed by atoms with Crippen LogP contribution in [0.5, 0.6) is 0 Å². The van der Waals surface area contributed by atoms with Gasteiger partial charge in [0, 0.05) is 18.0 Å². The predicted octanol–water partition coefficient (Wildman–Crippen LogP) is 6.12. The molecular formula is C28H30ClN3O. The second-order valence-corrected chi connectivity index (χ2v) is 8.87. The van der Waals surface area contributed by atoms with Crippen LogP contribution < -0.4 is 5.32 Å². The van der Waals surface area contributed by atoms with Gasteiger partial charge < -0.3 is 9.88 Å². The summed E-state index contributed by atoms with van der Waals surface area (Å²) in [4.78, 5) is 17.1. The lowest BCUT2D eigenvalue weighted by atomic mass is 10.1. The van der Waals surface area contributed by atoms with Crippen LogP contribution >= 0.6 is 11.6 Å². The van der Waals surface area contributed by atoms with E-state index in [1.807, 2.05) is 55.5 Å². The SMILES string of the molecule is Cc1ccccc1CC(=O)NCCCCCc1nc2ccccc2n1Cc1ccccc1Cl. The molecule has 0 aliphatic carbocycles. The summed E-state index contributed by atoms with van der Waals surface area (Å²) >= 11 is 6.42. The summed E-state index contributed by atoms with van der Waals surface area (Å²) in [5.41, 5.74) is 5.50. The quantitative estimate of drug-likeness (QED) is 0.290. The first-order valence-electron chi connectivity index (χ1n) is 11.6. The molecule has 0 radical (unpaired) electrons. The average Bonchev–Trinajstić information content (AvgIpc) is 3.16. The average molecular weight is 460 g/mol. The van der Waals surface area contributed by atoms with Crippen LogP contribution in [0.2, 0.25) is 5.02 Å². The van der Waals surface area contributed by atoms with Crippen LogP contribution in [0.25, 0.3) is 11.0 Å². The number of nitrogens with one attached hydrogen (secondary N) is 1. The molecule has 1 aromatic heterocycles. The molecule has 170 valence electrons. The van der Waals surface area contributed by atoms with Crippen molar-refractivity contribution in [2.24, 2.45) is 0 Å². The molecule has 5 heteroatoms. The Morgan fingerprint density at radius 1 is 0.909 bits per heavy atom. The molecule has 33 heavy (non-hydrogen) atoms. The smallest absolute Gasteiger partial charge is 0.224 e. The number of hydrogen-bond donors (Lipinski definition) is 1. The van der Waals surface area contributed by atoms with Crippen molar-refractivity contribution in [2.75, 3.05) is 6.54 Å². The van der Waals surface area contributed by atoms with E-state index in [1.54, 1.807) is 0 Å². The van der Waals surface area contributed by atoms with Gasteiger partial charge in [0.2, 0.25) is 5.91 Å². The Morgan fingerprint density at radius 3 is 2.45 bits per heavy atom. The number of rotatable bonds is 10. The number of unbranched alkanes of at least 4 members (excludes halogenated alkanes) is 2. The lowest BCUT2D eigenvalue weighted by Gasteiger charge is -2.11. The lowest BCUT2D eigenvalue weighted by molar-refractivity contribution is -0.120. The van der Waals surface area contributed by atoms with Crippen LogP contribution in [0.4, 0.5) is 0 Å². The third kappa shape index (κ3) is 6.02. The summed E-state index contributed by atoms with van der Waals surface area (Å²) in [6.45, 7) is 3.47. The van der Waals surface area contributed by atoms with Crippen LogP contribution in [0, 0.1) is 6.92 Å². The molecule has 4 aromatic rings. The largest absolute Gasteiger partial charge is 0.356 e. The Kier molecular flexibility index (Phi) is 7.79. The van der Waals surface area contributed by atoms with E-state index in [2.05, 4.69) is 34.1 Å². The first-order valence-corrected chi connectivity index (χ1v) is 12.0. The highest BCUT2D eigenvalue weighted by atomic mass is 35.5. The van der Waals surface area contributed by atoms with E-state index in [0.29, 0.717) is 19.5 Å². The van der Waals surface area contributed by atoms with Crippen LogP contribution in [-0.2, 0) is 24.2 Å². The van der Waals surface area contributed by atoms with Crippen LogP contribution in [0.3, 0.4) is 0 Å². The molecule has 0 atom stereocenters. The van der Waals surface area contributed by atoms with E-state index in [9.17, 15) is 4.79 Å². The van der Waals surface area contributed by atoms with Crippen molar-refractivity contribution in [2.45, 2.75) is 45.6 Å². The van der Waals surface area contributed by atoms with Gasteiger partial charge in [0.05, 0.1) is 24.0 Å². The highest BCUT2D eigenvalue weighted by molar-refractivity contribution is 6.31. The van der Waals surface area contributed by atoms with Crippen LogP contribution in [0.1, 0.15) is 41.8 Å². The number of carbonyl (C=O) groups excluding carboxylic acids is 1. The molecule has 0 unspecified atom stereocenters. The van der Waals surface area contributed by atoms with Gasteiger partial charge in [-0.2, -0.15) is 0 Å². The zero-order valence-corrected chi connectivity index (χ0v) is 19.8. The van der Waals surface area contributed by atoms with Gasteiger partial charge in [-0.15, -0.1) is 0 Å². The number of carbonyl (C=O) groups is 1. The van der Waals surface area contributed by atoms with Gasteiger partial charge in [0.1, 0.15) is 5.82 Å². The molecule has 1 N–H and O–H groups in total. The second-order valence-electron chi connectivity index (χ2n) is 8.46. The molecule has 0 bridgehead atoms. The van der Waals surface area contributed by atoms with E-state index in [0.717, 1.165) is 64.3 Å². The molecule has 4 rings (SSSR count). The molecule has 0 spiro atoms. The van der Waals surface area contributed by atoms with Crippen molar-refractivity contribution in [3.63, 3.8) is 0 Å². The fourth-order valence-corrected chi connectivity index (χ4v) is 4.34. The lowest BCUT2D eigenvalue weighted by Crippen LogP contribution is -2.26.